The van der Waals surface area contributed by atoms with E-state index in [1.165, 1.54) is 6.07 Å². The fourth-order valence-corrected chi connectivity index (χ4v) is 3.06. The zero-order valence-corrected chi connectivity index (χ0v) is 14.4. The Morgan fingerprint density at radius 2 is 2.00 bits per heavy atom. The third-order valence-corrected chi connectivity index (χ3v) is 4.33. The Bertz CT molecular complexity index is 733. The summed E-state index contributed by atoms with van der Waals surface area (Å²) in [5.74, 6) is -0.175. The van der Waals surface area contributed by atoms with Gasteiger partial charge in [0.15, 0.2) is 0 Å². The van der Waals surface area contributed by atoms with Crippen LogP contribution in [0.2, 0.25) is 0 Å². The lowest BCUT2D eigenvalue weighted by Gasteiger charge is -2.34. The van der Waals surface area contributed by atoms with Crippen LogP contribution in [-0.2, 0) is 24.9 Å². The largest absolute Gasteiger partial charge is 0.339 e. The standard InChI is InChI=1S/C16H22F2N6O/c1-12-7-14(16(17)18)24(20-12)11-15(25)23-5-3-22(4-6-23)10-13-8-19-21(2)9-13/h7-9,16H,3-6,10-11H2,1-2H3. The number of alkyl halides is 2. The second-order valence-corrected chi connectivity index (χ2v) is 6.35. The van der Waals surface area contributed by atoms with Gasteiger partial charge in [0.05, 0.1) is 11.9 Å². The molecule has 136 valence electrons. The number of carbonyl (C=O) groups is 1. The van der Waals surface area contributed by atoms with Gasteiger partial charge in [-0.25, -0.2) is 8.78 Å². The van der Waals surface area contributed by atoms with Gasteiger partial charge in [-0.2, -0.15) is 10.2 Å². The predicted molar refractivity (Wildman–Crippen MR) is 87.0 cm³/mol. The van der Waals surface area contributed by atoms with E-state index < -0.39 is 6.43 Å². The Kier molecular flexibility index (Phi) is 5.12. The second-order valence-electron chi connectivity index (χ2n) is 6.35. The van der Waals surface area contributed by atoms with Gasteiger partial charge in [-0.1, -0.05) is 0 Å². The van der Waals surface area contributed by atoms with Crippen LogP contribution in [0.3, 0.4) is 0 Å². The highest BCUT2D eigenvalue weighted by atomic mass is 19.3. The van der Waals surface area contributed by atoms with Crippen molar-refractivity contribution < 1.29 is 13.6 Å². The first-order valence-corrected chi connectivity index (χ1v) is 8.22. The zero-order chi connectivity index (χ0) is 18.0. The topological polar surface area (TPSA) is 59.2 Å². The molecule has 2 aromatic rings. The SMILES string of the molecule is Cc1cc(C(F)F)n(CC(=O)N2CCN(Cc3cnn(C)c3)CC2)n1. The third-order valence-electron chi connectivity index (χ3n) is 4.33. The van der Waals surface area contributed by atoms with Crippen LogP contribution in [0.15, 0.2) is 18.5 Å². The molecule has 2 aromatic heterocycles. The van der Waals surface area contributed by atoms with Crippen molar-refractivity contribution in [1.82, 2.24) is 29.4 Å². The molecule has 25 heavy (non-hydrogen) atoms. The molecule has 0 radical (unpaired) electrons. The molecule has 3 rings (SSSR count). The molecule has 0 saturated carbocycles. The van der Waals surface area contributed by atoms with Gasteiger partial charge in [0, 0.05) is 51.5 Å². The highest BCUT2D eigenvalue weighted by molar-refractivity contribution is 5.76. The minimum atomic E-state index is -2.63. The average molecular weight is 352 g/mol. The lowest BCUT2D eigenvalue weighted by molar-refractivity contribution is -0.134. The van der Waals surface area contributed by atoms with Gasteiger partial charge in [-0.3, -0.25) is 19.1 Å². The number of aromatic nitrogens is 4. The molecule has 1 aliphatic rings. The summed E-state index contributed by atoms with van der Waals surface area (Å²) in [5.41, 5.74) is 1.42. The van der Waals surface area contributed by atoms with Crippen LogP contribution in [0, 0.1) is 6.92 Å². The van der Waals surface area contributed by atoms with Gasteiger partial charge in [-0.05, 0) is 13.0 Å². The number of hydrogen-bond acceptors (Lipinski definition) is 4. The number of aryl methyl sites for hydroxylation is 2. The summed E-state index contributed by atoms with van der Waals surface area (Å²) in [5, 5.41) is 8.16. The number of rotatable bonds is 5. The Balaban J connectivity index is 1.53. The molecule has 1 saturated heterocycles. The summed E-state index contributed by atoms with van der Waals surface area (Å²) in [6, 6.07) is 1.32. The molecule has 9 heteroatoms. The van der Waals surface area contributed by atoms with E-state index in [9.17, 15) is 13.6 Å². The molecule has 1 aliphatic heterocycles. The maximum atomic E-state index is 13.0. The second kappa shape index (κ2) is 7.30. The molecule has 0 aromatic carbocycles. The number of halogens is 2. The number of piperazine rings is 1. The fraction of sp³-hybridized carbons (Fsp3) is 0.562. The number of nitrogens with zero attached hydrogens (tertiary/aromatic N) is 6. The summed E-state index contributed by atoms with van der Waals surface area (Å²) in [7, 11) is 1.88. The van der Waals surface area contributed by atoms with Crippen LogP contribution >= 0.6 is 0 Å². The zero-order valence-electron chi connectivity index (χ0n) is 14.4. The van der Waals surface area contributed by atoms with Crippen LogP contribution in [0.25, 0.3) is 0 Å². The van der Waals surface area contributed by atoms with Gasteiger partial charge >= 0.3 is 0 Å². The Morgan fingerprint density at radius 3 is 2.60 bits per heavy atom. The van der Waals surface area contributed by atoms with Gasteiger partial charge in [0.2, 0.25) is 5.91 Å². The maximum Gasteiger partial charge on any atom is 0.280 e. The van der Waals surface area contributed by atoms with Crippen LogP contribution in [-0.4, -0.2) is 61.4 Å². The Hall–Kier alpha value is -2.29. The lowest BCUT2D eigenvalue weighted by atomic mass is 10.2. The Morgan fingerprint density at radius 1 is 1.28 bits per heavy atom. The first-order chi connectivity index (χ1) is 11.9. The highest BCUT2D eigenvalue weighted by Crippen LogP contribution is 2.20. The first-order valence-electron chi connectivity index (χ1n) is 8.22. The average Bonchev–Trinajstić information content (AvgIpc) is 3.13. The Labute approximate surface area is 144 Å². The van der Waals surface area contributed by atoms with Crippen molar-refractivity contribution in [1.29, 1.82) is 0 Å². The van der Waals surface area contributed by atoms with E-state index >= 15 is 0 Å². The third kappa shape index (κ3) is 4.22. The van der Waals surface area contributed by atoms with Crippen molar-refractivity contribution in [3.05, 3.63) is 35.4 Å². The predicted octanol–water partition coefficient (Wildman–Crippen LogP) is 1.21. The fourth-order valence-electron chi connectivity index (χ4n) is 3.06. The molecular formula is C16H22F2N6O. The molecule has 0 bridgehead atoms. The van der Waals surface area contributed by atoms with E-state index in [4.69, 9.17) is 0 Å². The van der Waals surface area contributed by atoms with Gasteiger partial charge < -0.3 is 4.90 Å². The molecule has 3 heterocycles. The number of hydrogen-bond donors (Lipinski definition) is 0. The summed E-state index contributed by atoms with van der Waals surface area (Å²) in [4.78, 5) is 16.4. The molecule has 1 fully saturated rings. The van der Waals surface area contributed by atoms with Crippen molar-refractivity contribution in [2.24, 2.45) is 7.05 Å². The number of carbonyl (C=O) groups excluding carboxylic acids is 1. The van der Waals surface area contributed by atoms with E-state index in [1.807, 2.05) is 19.4 Å². The van der Waals surface area contributed by atoms with Crippen LogP contribution in [0.1, 0.15) is 23.4 Å². The van der Waals surface area contributed by atoms with Crippen LogP contribution in [0.4, 0.5) is 8.78 Å². The minimum Gasteiger partial charge on any atom is -0.339 e. The monoisotopic (exact) mass is 352 g/mol. The van der Waals surface area contributed by atoms with E-state index in [-0.39, 0.29) is 18.1 Å². The smallest absolute Gasteiger partial charge is 0.280 e. The molecule has 1 amide bonds. The molecule has 0 spiro atoms. The normalized spacial score (nSPS) is 16.0. The van der Waals surface area contributed by atoms with Crippen molar-refractivity contribution in [2.75, 3.05) is 26.2 Å². The molecule has 0 unspecified atom stereocenters. The van der Waals surface area contributed by atoms with Crippen molar-refractivity contribution in [2.45, 2.75) is 26.4 Å². The molecule has 0 atom stereocenters. The van der Waals surface area contributed by atoms with Gasteiger partial charge in [-0.15, -0.1) is 0 Å². The molecular weight excluding hydrogens is 330 g/mol. The van der Waals surface area contributed by atoms with Gasteiger partial charge in [0.1, 0.15) is 12.2 Å². The van der Waals surface area contributed by atoms with E-state index in [1.54, 1.807) is 16.5 Å². The van der Waals surface area contributed by atoms with Crippen molar-refractivity contribution >= 4 is 5.91 Å². The van der Waals surface area contributed by atoms with Crippen LogP contribution < -0.4 is 0 Å². The van der Waals surface area contributed by atoms with E-state index in [2.05, 4.69) is 15.1 Å². The van der Waals surface area contributed by atoms with E-state index in [0.717, 1.165) is 29.9 Å². The summed E-state index contributed by atoms with van der Waals surface area (Å²) >= 11 is 0. The molecule has 0 N–H and O–H groups in total. The molecule has 7 nitrogen and oxygen atoms in total. The summed E-state index contributed by atoms with van der Waals surface area (Å²) in [6.45, 7) is 4.97. The lowest BCUT2D eigenvalue weighted by Crippen LogP contribution is -2.49. The minimum absolute atomic E-state index is 0.143. The quantitative estimate of drug-likeness (QED) is 0.812. The van der Waals surface area contributed by atoms with Gasteiger partial charge in [0.25, 0.3) is 6.43 Å². The van der Waals surface area contributed by atoms with Crippen molar-refractivity contribution in [3.63, 3.8) is 0 Å². The van der Waals surface area contributed by atoms with E-state index in [0.29, 0.717) is 18.8 Å². The summed E-state index contributed by atoms with van der Waals surface area (Å²) < 4.78 is 28.9. The number of amides is 1. The summed E-state index contributed by atoms with van der Waals surface area (Å²) in [6.07, 6.45) is 1.18. The van der Waals surface area contributed by atoms with Crippen LogP contribution in [0.5, 0.6) is 0 Å². The van der Waals surface area contributed by atoms with Crippen molar-refractivity contribution in [3.8, 4) is 0 Å². The maximum absolute atomic E-state index is 13.0. The molecule has 0 aliphatic carbocycles. The first kappa shape index (κ1) is 17.5. The highest BCUT2D eigenvalue weighted by Gasteiger charge is 2.24.